The SMILES string of the molecule is COc1cc2ccccc2cc1C(=O)N[C@@H](C)c1ccc(C)cc1. The van der Waals surface area contributed by atoms with E-state index in [2.05, 4.69) is 17.4 Å². The number of ether oxygens (including phenoxy) is 1. The van der Waals surface area contributed by atoms with E-state index in [4.69, 9.17) is 4.74 Å². The van der Waals surface area contributed by atoms with Crippen LogP contribution in [0.15, 0.2) is 60.7 Å². The quantitative estimate of drug-likeness (QED) is 0.760. The molecule has 3 nitrogen and oxygen atoms in total. The standard InChI is InChI=1S/C21H21NO2/c1-14-8-10-16(11-9-14)15(2)22-21(23)19-12-17-6-4-5-7-18(17)13-20(19)24-3/h4-13,15H,1-3H3,(H,22,23)/t15-/m0/s1. The van der Waals surface area contributed by atoms with E-state index in [1.807, 2.05) is 62.4 Å². The number of carbonyl (C=O) groups is 1. The first-order chi connectivity index (χ1) is 11.6. The molecule has 0 bridgehead atoms. The molecule has 24 heavy (non-hydrogen) atoms. The molecule has 3 aromatic carbocycles. The van der Waals surface area contributed by atoms with Gasteiger partial charge in [-0.2, -0.15) is 0 Å². The molecule has 1 N–H and O–H groups in total. The summed E-state index contributed by atoms with van der Waals surface area (Å²) in [7, 11) is 1.59. The molecule has 0 fully saturated rings. The van der Waals surface area contributed by atoms with Gasteiger partial charge in [0.1, 0.15) is 5.75 Å². The Labute approximate surface area is 142 Å². The molecule has 0 heterocycles. The summed E-state index contributed by atoms with van der Waals surface area (Å²) in [4.78, 5) is 12.7. The molecule has 0 aliphatic heterocycles. The maximum Gasteiger partial charge on any atom is 0.255 e. The number of aryl methyl sites for hydroxylation is 1. The fourth-order valence-electron chi connectivity index (χ4n) is 2.78. The number of hydrogen-bond donors (Lipinski definition) is 1. The van der Waals surface area contributed by atoms with Crippen LogP contribution in [0, 0.1) is 6.92 Å². The predicted octanol–water partition coefficient (Wildman–Crippen LogP) is 4.65. The molecule has 0 aliphatic rings. The smallest absolute Gasteiger partial charge is 0.255 e. The number of methoxy groups -OCH3 is 1. The number of fused-ring (bicyclic) bond motifs is 1. The zero-order valence-corrected chi connectivity index (χ0v) is 14.2. The fourth-order valence-corrected chi connectivity index (χ4v) is 2.78. The Morgan fingerprint density at radius 3 is 2.25 bits per heavy atom. The summed E-state index contributed by atoms with van der Waals surface area (Å²) in [6.07, 6.45) is 0. The number of amides is 1. The predicted molar refractivity (Wildman–Crippen MR) is 97.6 cm³/mol. The van der Waals surface area contributed by atoms with Crippen molar-refractivity contribution in [2.75, 3.05) is 7.11 Å². The van der Waals surface area contributed by atoms with E-state index < -0.39 is 0 Å². The largest absolute Gasteiger partial charge is 0.496 e. The van der Waals surface area contributed by atoms with Crippen molar-refractivity contribution in [2.24, 2.45) is 0 Å². The van der Waals surface area contributed by atoms with Crippen molar-refractivity contribution in [3.05, 3.63) is 77.4 Å². The highest BCUT2D eigenvalue weighted by Crippen LogP contribution is 2.26. The van der Waals surface area contributed by atoms with Crippen molar-refractivity contribution in [3.8, 4) is 5.75 Å². The van der Waals surface area contributed by atoms with Crippen LogP contribution in [-0.2, 0) is 0 Å². The second-order valence-corrected chi connectivity index (χ2v) is 6.01. The molecule has 3 heteroatoms. The van der Waals surface area contributed by atoms with Crippen molar-refractivity contribution in [2.45, 2.75) is 19.9 Å². The molecule has 0 aliphatic carbocycles. The highest BCUT2D eigenvalue weighted by Gasteiger charge is 2.16. The summed E-state index contributed by atoms with van der Waals surface area (Å²) in [5, 5.41) is 5.13. The Morgan fingerprint density at radius 2 is 1.62 bits per heavy atom. The van der Waals surface area contributed by atoms with Gasteiger partial charge in [-0.15, -0.1) is 0 Å². The van der Waals surface area contributed by atoms with Gasteiger partial charge in [0, 0.05) is 0 Å². The van der Waals surface area contributed by atoms with E-state index in [1.54, 1.807) is 7.11 Å². The van der Waals surface area contributed by atoms with Gasteiger partial charge >= 0.3 is 0 Å². The number of carbonyl (C=O) groups excluding carboxylic acids is 1. The fraction of sp³-hybridized carbons (Fsp3) is 0.190. The first-order valence-electron chi connectivity index (χ1n) is 8.02. The minimum absolute atomic E-state index is 0.0747. The van der Waals surface area contributed by atoms with Crippen molar-refractivity contribution < 1.29 is 9.53 Å². The number of benzene rings is 3. The molecule has 0 radical (unpaired) electrons. The van der Waals surface area contributed by atoms with Crippen LogP contribution in [0.3, 0.4) is 0 Å². The summed E-state index contributed by atoms with van der Waals surface area (Å²) in [6, 6.07) is 19.8. The Balaban J connectivity index is 1.88. The molecule has 0 saturated heterocycles. The molecular weight excluding hydrogens is 298 g/mol. The van der Waals surface area contributed by atoms with Crippen LogP contribution in [-0.4, -0.2) is 13.0 Å². The third-order valence-electron chi connectivity index (χ3n) is 4.24. The minimum atomic E-state index is -0.134. The van der Waals surface area contributed by atoms with Gasteiger partial charge in [-0.3, -0.25) is 4.79 Å². The molecule has 0 spiro atoms. The van der Waals surface area contributed by atoms with Crippen LogP contribution in [0.2, 0.25) is 0 Å². The van der Waals surface area contributed by atoms with Gasteiger partial charge in [-0.1, -0.05) is 54.1 Å². The lowest BCUT2D eigenvalue weighted by atomic mass is 10.0. The topological polar surface area (TPSA) is 38.3 Å². The summed E-state index contributed by atoms with van der Waals surface area (Å²) in [6.45, 7) is 4.03. The van der Waals surface area contributed by atoms with E-state index in [0.29, 0.717) is 11.3 Å². The van der Waals surface area contributed by atoms with Gasteiger partial charge in [0.2, 0.25) is 0 Å². The number of rotatable bonds is 4. The van der Waals surface area contributed by atoms with Crippen molar-refractivity contribution in [1.29, 1.82) is 0 Å². The first-order valence-corrected chi connectivity index (χ1v) is 8.02. The van der Waals surface area contributed by atoms with Crippen LogP contribution in [0.5, 0.6) is 5.75 Å². The van der Waals surface area contributed by atoms with E-state index in [-0.39, 0.29) is 11.9 Å². The van der Waals surface area contributed by atoms with Gasteiger partial charge in [0.05, 0.1) is 18.7 Å². The average molecular weight is 319 g/mol. The van der Waals surface area contributed by atoms with Crippen molar-refractivity contribution in [1.82, 2.24) is 5.32 Å². The van der Waals surface area contributed by atoms with Crippen molar-refractivity contribution in [3.63, 3.8) is 0 Å². The molecular formula is C21H21NO2. The monoisotopic (exact) mass is 319 g/mol. The third kappa shape index (κ3) is 3.25. The highest BCUT2D eigenvalue weighted by atomic mass is 16.5. The lowest BCUT2D eigenvalue weighted by molar-refractivity contribution is 0.0937. The van der Waals surface area contributed by atoms with Crippen LogP contribution < -0.4 is 10.1 Å². The molecule has 3 aromatic rings. The van der Waals surface area contributed by atoms with E-state index in [1.165, 1.54) is 5.56 Å². The van der Waals surface area contributed by atoms with Crippen LogP contribution in [0.4, 0.5) is 0 Å². The summed E-state index contributed by atoms with van der Waals surface area (Å²) in [5.41, 5.74) is 2.83. The van der Waals surface area contributed by atoms with Gasteiger partial charge in [-0.25, -0.2) is 0 Å². The first kappa shape index (κ1) is 16.1. The van der Waals surface area contributed by atoms with Crippen LogP contribution in [0.25, 0.3) is 10.8 Å². The molecule has 0 unspecified atom stereocenters. The van der Waals surface area contributed by atoms with Crippen LogP contribution in [0.1, 0.15) is 34.5 Å². The second kappa shape index (κ2) is 6.75. The summed E-state index contributed by atoms with van der Waals surface area (Å²) < 4.78 is 5.42. The Morgan fingerprint density at radius 1 is 1.00 bits per heavy atom. The number of nitrogens with one attached hydrogen (secondary N) is 1. The summed E-state index contributed by atoms with van der Waals surface area (Å²) in [5.74, 6) is 0.452. The van der Waals surface area contributed by atoms with Gasteiger partial charge < -0.3 is 10.1 Å². The molecule has 0 aromatic heterocycles. The average Bonchev–Trinajstić information content (AvgIpc) is 2.61. The Hall–Kier alpha value is -2.81. The van der Waals surface area contributed by atoms with Gasteiger partial charge in [0.25, 0.3) is 5.91 Å². The van der Waals surface area contributed by atoms with Gasteiger partial charge in [-0.05, 0) is 42.3 Å². The van der Waals surface area contributed by atoms with E-state index in [0.717, 1.165) is 16.3 Å². The van der Waals surface area contributed by atoms with Crippen LogP contribution >= 0.6 is 0 Å². The maximum absolute atomic E-state index is 12.7. The third-order valence-corrected chi connectivity index (χ3v) is 4.24. The molecule has 0 saturated carbocycles. The second-order valence-electron chi connectivity index (χ2n) is 6.01. The van der Waals surface area contributed by atoms with Crippen molar-refractivity contribution >= 4 is 16.7 Å². The molecule has 3 rings (SSSR count). The number of hydrogen-bond acceptors (Lipinski definition) is 2. The zero-order valence-electron chi connectivity index (χ0n) is 14.2. The minimum Gasteiger partial charge on any atom is -0.496 e. The molecule has 1 amide bonds. The van der Waals surface area contributed by atoms with Gasteiger partial charge in [0.15, 0.2) is 0 Å². The zero-order chi connectivity index (χ0) is 17.1. The maximum atomic E-state index is 12.7. The Bertz CT molecular complexity index is 869. The molecule has 122 valence electrons. The lowest BCUT2D eigenvalue weighted by Crippen LogP contribution is -2.27. The normalized spacial score (nSPS) is 12.0. The summed E-state index contributed by atoms with van der Waals surface area (Å²) >= 11 is 0. The highest BCUT2D eigenvalue weighted by molar-refractivity contribution is 6.01. The lowest BCUT2D eigenvalue weighted by Gasteiger charge is -2.16. The Kier molecular flexibility index (Phi) is 4.52. The van der Waals surface area contributed by atoms with E-state index in [9.17, 15) is 4.79 Å². The van der Waals surface area contributed by atoms with E-state index >= 15 is 0 Å². The molecule has 1 atom stereocenters.